The summed E-state index contributed by atoms with van der Waals surface area (Å²) in [6.07, 6.45) is 2.39. The van der Waals surface area contributed by atoms with Crippen LogP contribution in [-0.2, 0) is 16.1 Å². The summed E-state index contributed by atoms with van der Waals surface area (Å²) in [5, 5.41) is 11.3. The lowest BCUT2D eigenvalue weighted by molar-refractivity contribution is -0.140. The first-order chi connectivity index (χ1) is 17.1. The zero-order valence-electron chi connectivity index (χ0n) is 19.2. The average Bonchev–Trinajstić information content (AvgIpc) is 3.49. The van der Waals surface area contributed by atoms with Crippen molar-refractivity contribution in [2.24, 2.45) is 0 Å². The minimum atomic E-state index is -0.812. The Labute approximate surface area is 202 Å². The SMILES string of the molecule is CCCOc1ccc(C2/C(=C(\O)c3ccc4c(c3)OCCO4)C(=O)C(=O)N2Cc2ccco2)cc1. The fourth-order valence-electron chi connectivity index (χ4n) is 4.27. The largest absolute Gasteiger partial charge is 0.507 e. The Balaban J connectivity index is 1.58. The van der Waals surface area contributed by atoms with Crippen molar-refractivity contribution in [2.45, 2.75) is 25.9 Å². The van der Waals surface area contributed by atoms with Gasteiger partial charge in [0.05, 0.1) is 31.0 Å². The van der Waals surface area contributed by atoms with E-state index in [-0.39, 0.29) is 17.9 Å². The van der Waals surface area contributed by atoms with Gasteiger partial charge in [0.25, 0.3) is 11.7 Å². The number of aliphatic hydroxyl groups is 1. The molecule has 0 radical (unpaired) electrons. The van der Waals surface area contributed by atoms with Gasteiger partial charge in [-0.1, -0.05) is 19.1 Å². The number of hydrogen-bond acceptors (Lipinski definition) is 7. The van der Waals surface area contributed by atoms with Crippen LogP contribution in [0.3, 0.4) is 0 Å². The Hall–Kier alpha value is -4.20. The molecule has 2 aliphatic heterocycles. The Bertz CT molecular complexity index is 1260. The second-order valence-corrected chi connectivity index (χ2v) is 8.28. The van der Waals surface area contributed by atoms with Gasteiger partial charge in [0.2, 0.25) is 0 Å². The number of furan rings is 1. The van der Waals surface area contributed by atoms with E-state index in [0.29, 0.717) is 54.0 Å². The number of ketones is 1. The Morgan fingerprint density at radius 3 is 2.54 bits per heavy atom. The molecule has 3 heterocycles. The molecule has 3 aromatic rings. The Morgan fingerprint density at radius 2 is 1.83 bits per heavy atom. The number of rotatable bonds is 7. The van der Waals surface area contributed by atoms with Crippen LogP contribution in [0.4, 0.5) is 0 Å². The molecule has 1 amide bonds. The van der Waals surface area contributed by atoms with E-state index in [4.69, 9.17) is 18.6 Å². The summed E-state index contributed by atoms with van der Waals surface area (Å²) in [5.41, 5.74) is 1.03. The van der Waals surface area contributed by atoms with Crippen LogP contribution >= 0.6 is 0 Å². The quantitative estimate of drug-likeness (QED) is 0.306. The minimum Gasteiger partial charge on any atom is -0.507 e. The molecule has 5 rings (SSSR count). The van der Waals surface area contributed by atoms with Crippen LogP contribution in [0.5, 0.6) is 17.2 Å². The standard InChI is InChI=1S/C27H25NO7/c1-2-11-32-19-8-5-17(6-9-19)24-23(26(30)27(31)28(24)16-20-4-3-12-33-20)25(29)18-7-10-21-22(15-18)35-14-13-34-21/h3-10,12,15,24,29H,2,11,13-14,16H2,1H3/b25-23+. The van der Waals surface area contributed by atoms with Crippen LogP contribution in [0, 0.1) is 0 Å². The zero-order valence-corrected chi connectivity index (χ0v) is 19.2. The predicted molar refractivity (Wildman–Crippen MR) is 126 cm³/mol. The fourth-order valence-corrected chi connectivity index (χ4v) is 4.27. The second-order valence-electron chi connectivity index (χ2n) is 8.28. The van der Waals surface area contributed by atoms with Crippen molar-refractivity contribution in [1.82, 2.24) is 4.90 Å². The smallest absolute Gasteiger partial charge is 0.296 e. The lowest BCUT2D eigenvalue weighted by Crippen LogP contribution is -2.29. The maximum atomic E-state index is 13.2. The molecule has 0 saturated carbocycles. The number of hydrogen-bond donors (Lipinski definition) is 1. The third-order valence-electron chi connectivity index (χ3n) is 5.93. The van der Waals surface area contributed by atoms with E-state index in [1.165, 1.54) is 11.2 Å². The molecule has 180 valence electrons. The summed E-state index contributed by atoms with van der Waals surface area (Å²) in [7, 11) is 0. The number of carbonyl (C=O) groups is 2. The van der Waals surface area contributed by atoms with Gasteiger partial charge in [-0.15, -0.1) is 0 Å². The Kier molecular flexibility index (Phi) is 6.18. The highest BCUT2D eigenvalue weighted by Gasteiger charge is 2.46. The lowest BCUT2D eigenvalue weighted by atomic mass is 9.95. The predicted octanol–water partition coefficient (Wildman–Crippen LogP) is 4.46. The highest BCUT2D eigenvalue weighted by molar-refractivity contribution is 6.46. The summed E-state index contributed by atoms with van der Waals surface area (Å²) >= 11 is 0. The highest BCUT2D eigenvalue weighted by atomic mass is 16.6. The van der Waals surface area contributed by atoms with Gasteiger partial charge in [-0.3, -0.25) is 9.59 Å². The summed E-state index contributed by atoms with van der Waals surface area (Å²) in [6, 6.07) is 14.8. The van der Waals surface area contributed by atoms with E-state index in [1.54, 1.807) is 54.6 Å². The van der Waals surface area contributed by atoms with Crippen molar-refractivity contribution in [3.63, 3.8) is 0 Å². The molecular weight excluding hydrogens is 450 g/mol. The summed E-state index contributed by atoms with van der Waals surface area (Å²) < 4.78 is 22.3. The second kappa shape index (κ2) is 9.58. The number of ether oxygens (including phenoxy) is 3. The molecular formula is C27H25NO7. The molecule has 0 spiro atoms. The number of carbonyl (C=O) groups excluding carboxylic acids is 2. The van der Waals surface area contributed by atoms with Gasteiger partial charge in [0.15, 0.2) is 11.5 Å². The number of benzene rings is 2. The van der Waals surface area contributed by atoms with Gasteiger partial charge in [0, 0.05) is 5.56 Å². The molecule has 0 bridgehead atoms. The average molecular weight is 475 g/mol. The summed E-state index contributed by atoms with van der Waals surface area (Å²) in [6.45, 7) is 3.51. The first-order valence-electron chi connectivity index (χ1n) is 11.5. The van der Waals surface area contributed by atoms with Gasteiger partial charge in [0.1, 0.15) is 30.5 Å². The number of aliphatic hydroxyl groups excluding tert-OH is 1. The Morgan fingerprint density at radius 1 is 1.06 bits per heavy atom. The number of fused-ring (bicyclic) bond motifs is 1. The molecule has 1 atom stereocenters. The van der Waals surface area contributed by atoms with Crippen molar-refractivity contribution in [3.05, 3.63) is 83.3 Å². The molecule has 8 nitrogen and oxygen atoms in total. The van der Waals surface area contributed by atoms with Crippen LogP contribution in [0.25, 0.3) is 5.76 Å². The van der Waals surface area contributed by atoms with Crippen LogP contribution in [0.1, 0.15) is 36.3 Å². The maximum Gasteiger partial charge on any atom is 0.296 e. The van der Waals surface area contributed by atoms with Crippen molar-refractivity contribution in [2.75, 3.05) is 19.8 Å². The van der Waals surface area contributed by atoms with E-state index in [2.05, 4.69) is 0 Å². The molecule has 8 heteroatoms. The molecule has 35 heavy (non-hydrogen) atoms. The molecule has 1 aromatic heterocycles. The third-order valence-corrected chi connectivity index (χ3v) is 5.93. The minimum absolute atomic E-state index is 0.000426. The van der Waals surface area contributed by atoms with Gasteiger partial charge in [-0.05, 0) is 54.4 Å². The number of Topliss-reactive ketones (excluding diaryl/α,β-unsaturated/α-hetero) is 1. The van der Waals surface area contributed by atoms with Crippen LogP contribution < -0.4 is 14.2 Å². The van der Waals surface area contributed by atoms with Crippen LogP contribution in [-0.4, -0.2) is 41.5 Å². The maximum absolute atomic E-state index is 13.2. The van der Waals surface area contributed by atoms with Crippen LogP contribution in [0.15, 0.2) is 70.9 Å². The first-order valence-corrected chi connectivity index (χ1v) is 11.5. The molecule has 0 aliphatic carbocycles. The van der Waals surface area contributed by atoms with Crippen LogP contribution in [0.2, 0.25) is 0 Å². The van der Waals surface area contributed by atoms with Crippen molar-refractivity contribution < 1.29 is 33.3 Å². The number of nitrogens with zero attached hydrogens (tertiary/aromatic N) is 1. The first kappa shape index (κ1) is 22.6. The van der Waals surface area contributed by atoms with Crippen molar-refractivity contribution in [3.8, 4) is 17.2 Å². The van der Waals surface area contributed by atoms with Gasteiger partial charge < -0.3 is 28.6 Å². The molecule has 1 unspecified atom stereocenters. The zero-order chi connectivity index (χ0) is 24.4. The van der Waals surface area contributed by atoms with Gasteiger partial charge in [-0.2, -0.15) is 0 Å². The fraction of sp³-hybridized carbons (Fsp3) is 0.259. The number of amides is 1. The molecule has 1 fully saturated rings. The molecule has 2 aromatic carbocycles. The van der Waals surface area contributed by atoms with E-state index in [0.717, 1.165) is 6.42 Å². The normalized spacial score (nSPS) is 18.7. The molecule has 2 aliphatic rings. The van der Waals surface area contributed by atoms with E-state index in [9.17, 15) is 14.7 Å². The van der Waals surface area contributed by atoms with Gasteiger partial charge in [-0.25, -0.2) is 0 Å². The molecule has 1 N–H and O–H groups in total. The monoisotopic (exact) mass is 475 g/mol. The van der Waals surface area contributed by atoms with E-state index < -0.39 is 17.7 Å². The topological polar surface area (TPSA) is 98.4 Å². The summed E-state index contributed by atoms with van der Waals surface area (Å²) in [5.74, 6) is 0.490. The van der Waals surface area contributed by atoms with Crippen molar-refractivity contribution in [1.29, 1.82) is 0 Å². The van der Waals surface area contributed by atoms with E-state index >= 15 is 0 Å². The molecule has 1 saturated heterocycles. The number of likely N-dealkylation sites (tertiary alicyclic amines) is 1. The van der Waals surface area contributed by atoms with Gasteiger partial charge >= 0.3 is 0 Å². The third kappa shape index (κ3) is 4.35. The van der Waals surface area contributed by atoms with Crippen molar-refractivity contribution >= 4 is 17.4 Å². The highest BCUT2D eigenvalue weighted by Crippen LogP contribution is 2.42. The summed E-state index contributed by atoms with van der Waals surface area (Å²) in [4.78, 5) is 27.8. The lowest BCUT2D eigenvalue weighted by Gasteiger charge is -2.25. The van der Waals surface area contributed by atoms with E-state index in [1.807, 2.05) is 6.92 Å².